The van der Waals surface area contributed by atoms with E-state index in [1.54, 1.807) is 25.3 Å². The largest absolute Gasteiger partial charge is 0.498 e. The van der Waals surface area contributed by atoms with Crippen molar-refractivity contribution in [3.8, 4) is 11.5 Å². The Morgan fingerprint density at radius 2 is 1.52 bits per heavy atom. The molecule has 1 saturated heterocycles. The average molecular weight is 409 g/mol. The molecular weight excluding hydrogens is 386 g/mol. The van der Waals surface area contributed by atoms with Crippen LogP contribution in [0.5, 0.6) is 11.5 Å². The molecule has 1 fully saturated rings. The van der Waals surface area contributed by atoms with Crippen molar-refractivity contribution in [3.05, 3.63) is 52.0 Å². The van der Waals surface area contributed by atoms with Gasteiger partial charge in [0, 0.05) is 15.5 Å². The summed E-state index contributed by atoms with van der Waals surface area (Å²) in [6.45, 7) is 8.45. The van der Waals surface area contributed by atoms with E-state index in [1.807, 2.05) is 45.9 Å². The Kier molecular flexibility index (Phi) is 5.69. The number of halogens is 2. The van der Waals surface area contributed by atoms with Crippen LogP contribution in [0.3, 0.4) is 0 Å². The predicted octanol–water partition coefficient (Wildman–Crippen LogP) is 4.88. The second kappa shape index (κ2) is 7.55. The Bertz CT molecular complexity index is 802. The van der Waals surface area contributed by atoms with Gasteiger partial charge in [0.15, 0.2) is 0 Å². The molecule has 2 aromatic rings. The quantitative estimate of drug-likeness (QED) is 0.660. The maximum absolute atomic E-state index is 6.16. The molecule has 27 heavy (non-hydrogen) atoms. The maximum Gasteiger partial charge on any atom is 0.498 e. The van der Waals surface area contributed by atoms with Crippen LogP contribution < -0.4 is 14.9 Å². The summed E-state index contributed by atoms with van der Waals surface area (Å²) in [5.74, 6) is 1.32. The highest BCUT2D eigenvalue weighted by Gasteiger charge is 2.52. The molecule has 0 radical (unpaired) electrons. The predicted molar refractivity (Wildman–Crippen MR) is 110 cm³/mol. The van der Waals surface area contributed by atoms with Crippen molar-refractivity contribution in [1.82, 2.24) is 0 Å². The first-order chi connectivity index (χ1) is 12.6. The van der Waals surface area contributed by atoms with E-state index in [1.165, 1.54) is 0 Å². The van der Waals surface area contributed by atoms with Crippen LogP contribution in [0.2, 0.25) is 10.0 Å². The first kappa shape index (κ1) is 20.3. The third kappa shape index (κ3) is 4.38. The zero-order chi connectivity index (χ0) is 19.8. The van der Waals surface area contributed by atoms with Gasteiger partial charge in [-0.05, 0) is 57.5 Å². The van der Waals surface area contributed by atoms with Crippen LogP contribution in [-0.2, 0) is 15.9 Å². The van der Waals surface area contributed by atoms with E-state index in [0.29, 0.717) is 28.2 Å². The van der Waals surface area contributed by atoms with Crippen molar-refractivity contribution < 1.29 is 18.8 Å². The molecule has 144 valence electrons. The van der Waals surface area contributed by atoms with E-state index in [0.717, 1.165) is 11.0 Å². The molecule has 1 aliphatic heterocycles. The second-order valence-corrected chi connectivity index (χ2v) is 8.43. The molecule has 1 heterocycles. The standard InChI is InChI=1S/C20H23BCl2O4/c1-19(2)20(3,4)27-21(26-19)17-8-13(6-7-18(17)24-5)12-25-16-10-14(22)9-15(23)11-16/h6-11H,12H2,1-5H3. The Labute approximate surface area is 170 Å². The van der Waals surface area contributed by atoms with E-state index < -0.39 is 18.3 Å². The van der Waals surface area contributed by atoms with Crippen LogP contribution in [0.15, 0.2) is 36.4 Å². The van der Waals surface area contributed by atoms with Crippen molar-refractivity contribution in [3.63, 3.8) is 0 Å². The molecule has 0 spiro atoms. The molecule has 0 N–H and O–H groups in total. The monoisotopic (exact) mass is 408 g/mol. The van der Waals surface area contributed by atoms with Crippen LogP contribution >= 0.6 is 23.2 Å². The summed E-state index contributed by atoms with van der Waals surface area (Å²) < 4.78 is 23.7. The summed E-state index contributed by atoms with van der Waals surface area (Å²) in [6, 6.07) is 10.9. The minimum atomic E-state index is -0.509. The molecule has 3 rings (SSSR count). The number of ether oxygens (including phenoxy) is 2. The maximum atomic E-state index is 6.16. The molecule has 7 heteroatoms. The molecule has 0 aliphatic carbocycles. The Hall–Kier alpha value is -1.40. The summed E-state index contributed by atoms with van der Waals surface area (Å²) in [4.78, 5) is 0. The Morgan fingerprint density at radius 3 is 2.07 bits per heavy atom. The zero-order valence-electron chi connectivity index (χ0n) is 16.1. The fraction of sp³-hybridized carbons (Fsp3) is 0.400. The van der Waals surface area contributed by atoms with Gasteiger partial charge in [-0.15, -0.1) is 0 Å². The molecule has 0 saturated carbocycles. The van der Waals surface area contributed by atoms with Gasteiger partial charge in [0.25, 0.3) is 0 Å². The number of rotatable bonds is 5. The summed E-state index contributed by atoms with van der Waals surface area (Å²) >= 11 is 12.0. The van der Waals surface area contributed by atoms with Gasteiger partial charge in [0.05, 0.1) is 18.3 Å². The van der Waals surface area contributed by atoms with Crippen LogP contribution in [0.1, 0.15) is 33.3 Å². The molecule has 0 unspecified atom stereocenters. The van der Waals surface area contributed by atoms with Gasteiger partial charge in [0.1, 0.15) is 18.1 Å². The minimum absolute atomic E-state index is 0.354. The SMILES string of the molecule is COc1ccc(COc2cc(Cl)cc(Cl)c2)cc1B1OC(C)(C)C(C)(C)O1. The fourth-order valence-electron chi connectivity index (χ4n) is 2.81. The summed E-state index contributed by atoms with van der Waals surface area (Å²) in [5.41, 5.74) is 0.942. The summed E-state index contributed by atoms with van der Waals surface area (Å²) in [6.07, 6.45) is 0. The van der Waals surface area contributed by atoms with Gasteiger partial charge in [-0.1, -0.05) is 35.3 Å². The fourth-order valence-corrected chi connectivity index (χ4v) is 3.31. The first-order valence-corrected chi connectivity index (χ1v) is 9.48. The number of benzene rings is 2. The van der Waals surface area contributed by atoms with Gasteiger partial charge >= 0.3 is 7.12 Å². The smallest absolute Gasteiger partial charge is 0.497 e. The van der Waals surface area contributed by atoms with E-state index in [2.05, 4.69) is 0 Å². The lowest BCUT2D eigenvalue weighted by Gasteiger charge is -2.32. The minimum Gasteiger partial charge on any atom is -0.497 e. The van der Waals surface area contributed by atoms with Crippen LogP contribution in [0.25, 0.3) is 0 Å². The molecule has 0 aromatic heterocycles. The topological polar surface area (TPSA) is 36.9 Å². The zero-order valence-corrected chi connectivity index (χ0v) is 17.6. The van der Waals surface area contributed by atoms with Crippen LogP contribution in [0.4, 0.5) is 0 Å². The molecule has 0 bridgehead atoms. The van der Waals surface area contributed by atoms with Gasteiger partial charge in [-0.25, -0.2) is 0 Å². The highest BCUT2D eigenvalue weighted by molar-refractivity contribution is 6.63. The van der Waals surface area contributed by atoms with Gasteiger partial charge in [-0.2, -0.15) is 0 Å². The highest BCUT2D eigenvalue weighted by Crippen LogP contribution is 2.37. The lowest BCUT2D eigenvalue weighted by molar-refractivity contribution is 0.00578. The van der Waals surface area contributed by atoms with E-state index in [4.69, 9.17) is 42.0 Å². The molecule has 0 atom stereocenters. The summed E-state index contributed by atoms with van der Waals surface area (Å²) in [5, 5.41) is 1.07. The number of hydrogen-bond donors (Lipinski definition) is 0. The van der Waals surface area contributed by atoms with Crippen LogP contribution in [-0.4, -0.2) is 25.4 Å². The summed E-state index contributed by atoms with van der Waals surface area (Å²) in [7, 11) is 1.12. The van der Waals surface area contributed by atoms with Gasteiger partial charge in [0.2, 0.25) is 0 Å². The van der Waals surface area contributed by atoms with Gasteiger partial charge < -0.3 is 18.8 Å². The highest BCUT2D eigenvalue weighted by atomic mass is 35.5. The van der Waals surface area contributed by atoms with Crippen LogP contribution in [0, 0.1) is 0 Å². The first-order valence-electron chi connectivity index (χ1n) is 8.73. The lowest BCUT2D eigenvalue weighted by Crippen LogP contribution is -2.41. The normalized spacial score (nSPS) is 17.8. The van der Waals surface area contributed by atoms with Crippen molar-refractivity contribution in [1.29, 1.82) is 0 Å². The van der Waals surface area contributed by atoms with Gasteiger partial charge in [-0.3, -0.25) is 0 Å². The van der Waals surface area contributed by atoms with E-state index in [-0.39, 0.29) is 0 Å². The van der Waals surface area contributed by atoms with E-state index in [9.17, 15) is 0 Å². The average Bonchev–Trinajstić information content (AvgIpc) is 2.79. The molecule has 4 nitrogen and oxygen atoms in total. The molecule has 0 amide bonds. The number of hydrogen-bond acceptors (Lipinski definition) is 4. The van der Waals surface area contributed by atoms with E-state index >= 15 is 0 Å². The second-order valence-electron chi connectivity index (χ2n) is 7.56. The molecule has 2 aromatic carbocycles. The molecule has 1 aliphatic rings. The number of methoxy groups -OCH3 is 1. The Balaban J connectivity index is 1.82. The van der Waals surface area contributed by atoms with Crippen molar-refractivity contribution in [2.75, 3.05) is 7.11 Å². The lowest BCUT2D eigenvalue weighted by atomic mass is 9.77. The molecular formula is C20H23BCl2O4. The van der Waals surface area contributed by atoms with Crippen molar-refractivity contribution in [2.24, 2.45) is 0 Å². The van der Waals surface area contributed by atoms with Crippen molar-refractivity contribution >= 4 is 35.8 Å². The Morgan fingerprint density at radius 1 is 0.926 bits per heavy atom. The third-order valence-electron chi connectivity index (χ3n) is 5.04. The van der Waals surface area contributed by atoms with Crippen molar-refractivity contribution in [2.45, 2.75) is 45.5 Å². The third-order valence-corrected chi connectivity index (χ3v) is 5.48.